The lowest BCUT2D eigenvalue weighted by Gasteiger charge is -2.34. The van der Waals surface area contributed by atoms with Crippen LogP contribution in [0.1, 0.15) is 30.6 Å². The third kappa shape index (κ3) is 6.06. The molecule has 0 bridgehead atoms. The molecule has 1 heterocycles. The third-order valence-electron chi connectivity index (χ3n) is 5.56. The van der Waals surface area contributed by atoms with Crippen LogP contribution in [0.25, 0.3) is 0 Å². The van der Waals surface area contributed by atoms with E-state index in [9.17, 15) is 18.0 Å². The zero-order valence-electron chi connectivity index (χ0n) is 19.7. The van der Waals surface area contributed by atoms with Gasteiger partial charge in [-0.3, -0.25) is 4.79 Å². The Hall–Kier alpha value is -3.11. The largest absolute Gasteiger partial charge is 0.497 e. The Labute approximate surface area is 200 Å². The summed E-state index contributed by atoms with van der Waals surface area (Å²) in [5.74, 6) is 0.0954. The molecule has 2 aromatic rings. The van der Waals surface area contributed by atoms with Crippen molar-refractivity contribution < 1.29 is 32.2 Å². The fourth-order valence-corrected chi connectivity index (χ4v) is 5.76. The molecule has 1 saturated heterocycles. The molecular weight excluding hydrogens is 460 g/mol. The molecule has 2 atom stereocenters. The highest BCUT2D eigenvalue weighted by molar-refractivity contribution is 7.89. The van der Waals surface area contributed by atoms with Gasteiger partial charge in [0.25, 0.3) is 5.91 Å². The molecule has 0 radical (unpaired) electrons. The standard InChI is InChI=1S/C24H30N2O7S/c1-16-10-17(2)14-26(13-16)34(29,30)20-7-5-6-18(11-20)24(28)33-15-23(27)25-21-9-8-19(31-3)12-22(21)32-4/h5-9,11-12,16-17H,10,13-15H2,1-4H3,(H,25,27). The minimum absolute atomic E-state index is 0.0238. The first-order valence-corrected chi connectivity index (χ1v) is 12.4. The Kier molecular flexibility index (Phi) is 8.16. The molecule has 9 nitrogen and oxygen atoms in total. The van der Waals surface area contributed by atoms with E-state index in [0.717, 1.165) is 6.42 Å². The number of ether oxygens (including phenoxy) is 3. The Morgan fingerprint density at radius 3 is 2.38 bits per heavy atom. The lowest BCUT2D eigenvalue weighted by atomic mass is 9.94. The van der Waals surface area contributed by atoms with Gasteiger partial charge in [-0.15, -0.1) is 0 Å². The number of hydrogen-bond donors (Lipinski definition) is 1. The van der Waals surface area contributed by atoms with Gasteiger partial charge in [-0.05, 0) is 48.6 Å². The van der Waals surface area contributed by atoms with E-state index < -0.39 is 28.5 Å². The van der Waals surface area contributed by atoms with Gasteiger partial charge in [0, 0.05) is 19.2 Å². The molecule has 0 aliphatic carbocycles. The molecule has 1 N–H and O–H groups in total. The van der Waals surface area contributed by atoms with E-state index in [-0.39, 0.29) is 22.3 Å². The molecule has 2 aromatic carbocycles. The van der Waals surface area contributed by atoms with Crippen molar-refractivity contribution in [3.8, 4) is 11.5 Å². The van der Waals surface area contributed by atoms with Crippen LogP contribution in [0, 0.1) is 11.8 Å². The van der Waals surface area contributed by atoms with Crippen molar-refractivity contribution in [2.24, 2.45) is 11.8 Å². The Balaban J connectivity index is 1.65. The number of carbonyl (C=O) groups excluding carboxylic acids is 2. The second-order valence-electron chi connectivity index (χ2n) is 8.49. The number of rotatable bonds is 8. The van der Waals surface area contributed by atoms with Crippen molar-refractivity contribution in [2.45, 2.75) is 25.2 Å². The van der Waals surface area contributed by atoms with Crippen LogP contribution < -0.4 is 14.8 Å². The van der Waals surface area contributed by atoms with Gasteiger partial charge in [0.1, 0.15) is 11.5 Å². The van der Waals surface area contributed by atoms with Crippen molar-refractivity contribution >= 4 is 27.6 Å². The molecule has 184 valence electrons. The summed E-state index contributed by atoms with van der Waals surface area (Å²) >= 11 is 0. The van der Waals surface area contributed by atoms with Gasteiger partial charge in [0.05, 0.1) is 30.4 Å². The maximum absolute atomic E-state index is 13.1. The van der Waals surface area contributed by atoms with E-state index in [1.807, 2.05) is 13.8 Å². The van der Waals surface area contributed by atoms with E-state index in [0.29, 0.717) is 30.3 Å². The number of carbonyl (C=O) groups is 2. The number of nitrogens with zero attached hydrogens (tertiary/aromatic N) is 1. The van der Waals surface area contributed by atoms with Crippen molar-refractivity contribution in [2.75, 3.05) is 39.2 Å². The molecule has 3 rings (SSSR count). The van der Waals surface area contributed by atoms with Gasteiger partial charge in [0.15, 0.2) is 6.61 Å². The predicted molar refractivity (Wildman–Crippen MR) is 127 cm³/mol. The average molecular weight is 491 g/mol. The highest BCUT2D eigenvalue weighted by atomic mass is 32.2. The number of benzene rings is 2. The first-order valence-electron chi connectivity index (χ1n) is 10.9. The van der Waals surface area contributed by atoms with E-state index in [1.54, 1.807) is 18.2 Å². The number of esters is 1. The quantitative estimate of drug-likeness (QED) is 0.566. The molecule has 34 heavy (non-hydrogen) atoms. The van der Waals surface area contributed by atoms with Gasteiger partial charge >= 0.3 is 5.97 Å². The van der Waals surface area contributed by atoms with Crippen molar-refractivity contribution in [3.63, 3.8) is 0 Å². The lowest BCUT2D eigenvalue weighted by molar-refractivity contribution is -0.119. The van der Waals surface area contributed by atoms with E-state index in [1.165, 1.54) is 42.8 Å². The van der Waals surface area contributed by atoms with Crippen molar-refractivity contribution in [3.05, 3.63) is 48.0 Å². The molecule has 1 amide bonds. The number of piperidine rings is 1. The fraction of sp³-hybridized carbons (Fsp3) is 0.417. The number of amides is 1. The van der Waals surface area contributed by atoms with Crippen LogP contribution in [0.2, 0.25) is 0 Å². The zero-order chi connectivity index (χ0) is 24.9. The van der Waals surface area contributed by atoms with Crippen LogP contribution in [-0.2, 0) is 19.6 Å². The molecule has 10 heteroatoms. The van der Waals surface area contributed by atoms with E-state index >= 15 is 0 Å². The van der Waals surface area contributed by atoms with Gasteiger partial charge in [-0.1, -0.05) is 19.9 Å². The highest BCUT2D eigenvalue weighted by Gasteiger charge is 2.32. The average Bonchev–Trinajstić information content (AvgIpc) is 2.82. The minimum atomic E-state index is -3.75. The number of methoxy groups -OCH3 is 2. The van der Waals surface area contributed by atoms with E-state index in [2.05, 4.69) is 5.32 Å². The summed E-state index contributed by atoms with van der Waals surface area (Å²) in [6.45, 7) is 4.38. The summed E-state index contributed by atoms with van der Waals surface area (Å²) in [5, 5.41) is 2.61. The summed E-state index contributed by atoms with van der Waals surface area (Å²) in [5.41, 5.74) is 0.441. The van der Waals surface area contributed by atoms with Gasteiger partial charge < -0.3 is 19.5 Å². The molecule has 1 aliphatic rings. The van der Waals surface area contributed by atoms with Gasteiger partial charge in [-0.25, -0.2) is 13.2 Å². The van der Waals surface area contributed by atoms with Crippen molar-refractivity contribution in [1.29, 1.82) is 0 Å². The van der Waals surface area contributed by atoms with Crippen LogP contribution in [0.15, 0.2) is 47.4 Å². The molecular formula is C24H30N2O7S. The van der Waals surface area contributed by atoms with Crippen LogP contribution >= 0.6 is 0 Å². The summed E-state index contributed by atoms with van der Waals surface area (Å²) < 4.78 is 43.1. The molecule has 1 aliphatic heterocycles. The normalized spacial score (nSPS) is 18.7. The Morgan fingerprint density at radius 1 is 1.03 bits per heavy atom. The van der Waals surface area contributed by atoms with Gasteiger partial charge in [-0.2, -0.15) is 4.31 Å². The number of hydrogen-bond acceptors (Lipinski definition) is 7. The Bertz CT molecular complexity index is 1140. The SMILES string of the molecule is COc1ccc(NC(=O)COC(=O)c2cccc(S(=O)(=O)N3CC(C)CC(C)C3)c2)c(OC)c1. The van der Waals surface area contributed by atoms with Crippen LogP contribution in [0.3, 0.4) is 0 Å². The summed E-state index contributed by atoms with van der Waals surface area (Å²) in [6.07, 6.45) is 0.975. The monoisotopic (exact) mass is 490 g/mol. The van der Waals surface area contributed by atoms with Crippen LogP contribution in [0.4, 0.5) is 5.69 Å². The number of sulfonamides is 1. The molecule has 1 fully saturated rings. The number of anilines is 1. The first kappa shape index (κ1) is 25.5. The summed E-state index contributed by atoms with van der Waals surface area (Å²) in [7, 11) is -0.778. The van der Waals surface area contributed by atoms with Crippen LogP contribution in [0.5, 0.6) is 11.5 Å². The molecule has 0 aromatic heterocycles. The maximum Gasteiger partial charge on any atom is 0.338 e. The van der Waals surface area contributed by atoms with E-state index in [4.69, 9.17) is 14.2 Å². The third-order valence-corrected chi connectivity index (χ3v) is 7.39. The summed E-state index contributed by atoms with van der Waals surface area (Å²) in [6, 6.07) is 10.5. The van der Waals surface area contributed by atoms with Gasteiger partial charge in [0.2, 0.25) is 10.0 Å². The second kappa shape index (κ2) is 10.9. The first-order chi connectivity index (χ1) is 16.1. The molecule has 2 unspecified atom stereocenters. The predicted octanol–water partition coefficient (Wildman–Crippen LogP) is 3.17. The second-order valence-corrected chi connectivity index (χ2v) is 10.4. The fourth-order valence-electron chi connectivity index (χ4n) is 4.04. The Morgan fingerprint density at radius 2 is 1.74 bits per heavy atom. The smallest absolute Gasteiger partial charge is 0.338 e. The highest BCUT2D eigenvalue weighted by Crippen LogP contribution is 2.29. The minimum Gasteiger partial charge on any atom is -0.497 e. The molecule has 0 saturated carbocycles. The summed E-state index contributed by atoms with van der Waals surface area (Å²) in [4.78, 5) is 24.8. The number of nitrogens with one attached hydrogen (secondary N) is 1. The van der Waals surface area contributed by atoms with Crippen LogP contribution in [-0.4, -0.2) is 58.5 Å². The zero-order valence-corrected chi connectivity index (χ0v) is 20.6. The lowest BCUT2D eigenvalue weighted by Crippen LogP contribution is -2.42. The topological polar surface area (TPSA) is 111 Å². The maximum atomic E-state index is 13.1. The van der Waals surface area contributed by atoms with Crippen molar-refractivity contribution in [1.82, 2.24) is 4.31 Å². The molecule has 0 spiro atoms.